The summed E-state index contributed by atoms with van der Waals surface area (Å²) in [5, 5.41) is 0. The zero-order valence-electron chi connectivity index (χ0n) is 13.8. The molecule has 0 amide bonds. The predicted octanol–water partition coefficient (Wildman–Crippen LogP) is 4.97. The molecule has 0 aliphatic rings. The highest BCUT2D eigenvalue weighted by Gasteiger charge is 2.19. The van der Waals surface area contributed by atoms with Crippen LogP contribution in [0.15, 0.2) is 51.8 Å². The number of thioether (sulfide) groups is 1. The number of esters is 1. The number of halogens is 1. The summed E-state index contributed by atoms with van der Waals surface area (Å²) in [6.07, 6.45) is -0.793. The van der Waals surface area contributed by atoms with Gasteiger partial charge in [0.2, 0.25) is 5.78 Å². The van der Waals surface area contributed by atoms with Crippen molar-refractivity contribution in [3.8, 4) is 0 Å². The molecule has 0 saturated carbocycles. The van der Waals surface area contributed by atoms with Gasteiger partial charge in [0.1, 0.15) is 0 Å². The Labute approximate surface area is 154 Å². The molecule has 1 atom stereocenters. The highest BCUT2D eigenvalue weighted by molar-refractivity contribution is 9.10. The van der Waals surface area contributed by atoms with Crippen molar-refractivity contribution in [3.63, 3.8) is 0 Å². The van der Waals surface area contributed by atoms with E-state index in [9.17, 15) is 9.59 Å². The molecular weight excluding hydrogens is 388 g/mol. The van der Waals surface area contributed by atoms with Crippen LogP contribution in [0.2, 0.25) is 0 Å². The Balaban J connectivity index is 1.89. The number of benzene rings is 2. The summed E-state index contributed by atoms with van der Waals surface area (Å²) in [5.41, 5.74) is 2.85. The van der Waals surface area contributed by atoms with Crippen molar-refractivity contribution in [1.82, 2.24) is 0 Å². The molecule has 24 heavy (non-hydrogen) atoms. The van der Waals surface area contributed by atoms with Crippen molar-refractivity contribution in [2.45, 2.75) is 31.8 Å². The third-order valence-corrected chi connectivity index (χ3v) is 5.16. The Morgan fingerprint density at radius 1 is 1.12 bits per heavy atom. The number of aryl methyl sites for hydroxylation is 2. The van der Waals surface area contributed by atoms with Gasteiger partial charge in [-0.25, -0.2) is 0 Å². The number of carbonyl (C=O) groups is 2. The minimum absolute atomic E-state index is 0.182. The van der Waals surface area contributed by atoms with E-state index < -0.39 is 12.1 Å². The van der Waals surface area contributed by atoms with Crippen LogP contribution in [0.1, 0.15) is 28.4 Å². The first-order valence-electron chi connectivity index (χ1n) is 7.56. The minimum Gasteiger partial charge on any atom is -0.454 e. The molecule has 0 heterocycles. The summed E-state index contributed by atoms with van der Waals surface area (Å²) in [6.45, 7) is 5.65. The van der Waals surface area contributed by atoms with Crippen LogP contribution in [-0.2, 0) is 9.53 Å². The fourth-order valence-electron chi connectivity index (χ4n) is 2.23. The van der Waals surface area contributed by atoms with Crippen molar-refractivity contribution >= 4 is 39.4 Å². The second kappa shape index (κ2) is 8.49. The van der Waals surface area contributed by atoms with E-state index in [0.717, 1.165) is 14.9 Å². The van der Waals surface area contributed by atoms with Crippen LogP contribution in [0.4, 0.5) is 0 Å². The van der Waals surface area contributed by atoms with Gasteiger partial charge in [0.15, 0.2) is 6.10 Å². The number of rotatable bonds is 6. The van der Waals surface area contributed by atoms with E-state index in [4.69, 9.17) is 4.74 Å². The van der Waals surface area contributed by atoms with Gasteiger partial charge in [-0.2, -0.15) is 0 Å². The number of ketones is 1. The van der Waals surface area contributed by atoms with Crippen LogP contribution >= 0.6 is 27.7 Å². The fourth-order valence-corrected chi connectivity index (χ4v) is 3.29. The Bertz CT molecular complexity index is 741. The number of hydrogen-bond donors (Lipinski definition) is 0. The quantitative estimate of drug-likeness (QED) is 0.385. The van der Waals surface area contributed by atoms with Gasteiger partial charge in [0.05, 0.1) is 5.75 Å². The molecule has 0 saturated heterocycles. The lowest BCUT2D eigenvalue weighted by Crippen LogP contribution is -2.25. The van der Waals surface area contributed by atoms with Crippen molar-refractivity contribution in [2.24, 2.45) is 0 Å². The van der Waals surface area contributed by atoms with Crippen molar-refractivity contribution in [3.05, 3.63) is 63.6 Å². The third kappa shape index (κ3) is 5.21. The molecule has 0 spiro atoms. The molecular formula is C19H19BrO3S. The summed E-state index contributed by atoms with van der Waals surface area (Å²) in [4.78, 5) is 25.3. The number of carbonyl (C=O) groups excluding carboxylic acids is 2. The van der Waals surface area contributed by atoms with Crippen LogP contribution in [0.25, 0.3) is 0 Å². The molecule has 126 valence electrons. The first-order chi connectivity index (χ1) is 11.4. The zero-order valence-corrected chi connectivity index (χ0v) is 16.2. The number of hydrogen-bond acceptors (Lipinski definition) is 4. The molecule has 0 aromatic heterocycles. The van der Waals surface area contributed by atoms with Gasteiger partial charge >= 0.3 is 5.97 Å². The maximum atomic E-state index is 12.3. The van der Waals surface area contributed by atoms with Crippen molar-refractivity contribution < 1.29 is 14.3 Å². The molecule has 5 heteroatoms. The Morgan fingerprint density at radius 2 is 1.79 bits per heavy atom. The average molecular weight is 407 g/mol. The first-order valence-corrected chi connectivity index (χ1v) is 9.34. The van der Waals surface area contributed by atoms with E-state index in [-0.39, 0.29) is 11.5 Å². The van der Waals surface area contributed by atoms with Gasteiger partial charge in [0, 0.05) is 14.9 Å². The summed E-state index contributed by atoms with van der Waals surface area (Å²) < 4.78 is 6.16. The zero-order chi connectivity index (χ0) is 17.7. The van der Waals surface area contributed by atoms with Crippen molar-refractivity contribution in [1.29, 1.82) is 0 Å². The molecule has 0 aliphatic carbocycles. The van der Waals surface area contributed by atoms with Gasteiger partial charge in [-0.15, -0.1) is 11.8 Å². The molecule has 3 nitrogen and oxygen atoms in total. The number of Topliss-reactive ketones (excluding diaryl/α,β-unsaturated/α-hetero) is 1. The van der Waals surface area contributed by atoms with E-state index in [1.54, 1.807) is 31.2 Å². The number of ether oxygens (including phenoxy) is 1. The summed E-state index contributed by atoms with van der Waals surface area (Å²) in [7, 11) is 0. The van der Waals surface area contributed by atoms with Gasteiger partial charge in [0.25, 0.3) is 0 Å². The third-order valence-electron chi connectivity index (χ3n) is 3.48. The largest absolute Gasteiger partial charge is 0.454 e. The van der Waals surface area contributed by atoms with Gasteiger partial charge in [-0.1, -0.05) is 45.8 Å². The van der Waals surface area contributed by atoms with Crippen LogP contribution in [-0.4, -0.2) is 23.6 Å². The first kappa shape index (κ1) is 18.7. The van der Waals surface area contributed by atoms with Gasteiger partial charge in [-0.3, -0.25) is 9.59 Å². The molecule has 0 fully saturated rings. The summed E-state index contributed by atoms with van der Waals surface area (Å²) in [5.74, 6) is -0.410. The lowest BCUT2D eigenvalue weighted by atomic mass is 10.1. The molecule has 2 aromatic carbocycles. The maximum Gasteiger partial charge on any atom is 0.316 e. The van der Waals surface area contributed by atoms with E-state index in [0.29, 0.717) is 5.56 Å². The van der Waals surface area contributed by atoms with E-state index in [1.807, 2.05) is 26.0 Å². The highest BCUT2D eigenvalue weighted by Crippen LogP contribution is 2.23. The summed E-state index contributed by atoms with van der Waals surface area (Å²) >= 11 is 4.75. The van der Waals surface area contributed by atoms with E-state index in [2.05, 4.69) is 22.0 Å². The minimum atomic E-state index is -0.793. The van der Waals surface area contributed by atoms with Crippen LogP contribution in [0.3, 0.4) is 0 Å². The van der Waals surface area contributed by atoms with Gasteiger partial charge in [-0.05, 0) is 44.5 Å². The second-order valence-corrected chi connectivity index (χ2v) is 7.49. The van der Waals surface area contributed by atoms with Gasteiger partial charge < -0.3 is 4.74 Å². The Kier molecular flexibility index (Phi) is 6.63. The molecule has 0 bridgehead atoms. The summed E-state index contributed by atoms with van der Waals surface area (Å²) in [6, 6.07) is 13.1. The Hall–Kier alpha value is -1.59. The SMILES string of the molecule is Cc1ccc(SCC(=O)O[C@H](C)C(=O)c2ccc(Br)cc2)c(C)c1. The lowest BCUT2D eigenvalue weighted by Gasteiger charge is -2.13. The average Bonchev–Trinajstić information content (AvgIpc) is 2.54. The van der Waals surface area contributed by atoms with E-state index >= 15 is 0 Å². The topological polar surface area (TPSA) is 43.4 Å². The van der Waals surface area contributed by atoms with Crippen LogP contribution < -0.4 is 0 Å². The molecule has 0 N–H and O–H groups in total. The maximum absolute atomic E-state index is 12.3. The fraction of sp³-hybridized carbons (Fsp3) is 0.263. The molecule has 0 radical (unpaired) electrons. The van der Waals surface area contributed by atoms with E-state index in [1.165, 1.54) is 17.3 Å². The Morgan fingerprint density at radius 3 is 2.42 bits per heavy atom. The predicted molar refractivity (Wildman–Crippen MR) is 101 cm³/mol. The highest BCUT2D eigenvalue weighted by atomic mass is 79.9. The lowest BCUT2D eigenvalue weighted by molar-refractivity contribution is -0.143. The monoisotopic (exact) mass is 406 g/mol. The van der Waals surface area contributed by atoms with Crippen molar-refractivity contribution in [2.75, 3.05) is 5.75 Å². The molecule has 2 rings (SSSR count). The van der Waals surface area contributed by atoms with Crippen LogP contribution in [0, 0.1) is 13.8 Å². The smallest absolute Gasteiger partial charge is 0.316 e. The second-order valence-electron chi connectivity index (χ2n) is 5.56. The molecule has 0 aliphatic heterocycles. The van der Waals surface area contributed by atoms with Crippen LogP contribution in [0.5, 0.6) is 0 Å². The normalized spacial score (nSPS) is 11.8. The molecule has 2 aromatic rings. The molecule has 0 unspecified atom stereocenters. The standard InChI is InChI=1S/C19H19BrO3S/c1-12-4-9-17(13(2)10-12)24-11-18(21)23-14(3)19(22)15-5-7-16(20)8-6-15/h4-10,14H,11H2,1-3H3/t14-/m1/s1.